The highest BCUT2D eigenvalue weighted by Gasteiger charge is 2.48. The molecule has 0 aliphatic carbocycles. The number of amides is 3. The van der Waals surface area contributed by atoms with Crippen LogP contribution in [0.4, 0.5) is 0 Å². The average molecular weight is 671 g/mol. The van der Waals surface area contributed by atoms with Gasteiger partial charge in [-0.2, -0.15) is 0 Å². The van der Waals surface area contributed by atoms with Crippen molar-refractivity contribution in [3.05, 3.63) is 0 Å². The van der Waals surface area contributed by atoms with Crippen molar-refractivity contribution in [1.82, 2.24) is 20.4 Å². The fraction of sp³-hybridized carbons (Fsp3) is 0.914. The minimum Gasteiger partial charge on any atom is -0.392 e. The van der Waals surface area contributed by atoms with Crippen LogP contribution in [0.3, 0.4) is 0 Å². The Labute approximate surface area is 283 Å². The van der Waals surface area contributed by atoms with Crippen molar-refractivity contribution in [3.63, 3.8) is 0 Å². The van der Waals surface area contributed by atoms with Crippen molar-refractivity contribution in [2.45, 2.75) is 142 Å². The molecule has 12 nitrogen and oxygen atoms in total. The molecule has 2 saturated heterocycles. The first-order chi connectivity index (χ1) is 21.9. The van der Waals surface area contributed by atoms with Crippen LogP contribution in [-0.2, 0) is 28.6 Å². The number of aliphatic hydroxyl groups is 2. The van der Waals surface area contributed by atoms with Gasteiger partial charge >= 0.3 is 0 Å². The Morgan fingerprint density at radius 3 is 2.47 bits per heavy atom. The molecule has 3 amide bonds. The molecule has 0 aromatic rings. The van der Waals surface area contributed by atoms with Gasteiger partial charge in [0.15, 0.2) is 6.29 Å². The first-order valence-corrected chi connectivity index (χ1v) is 17.7. The van der Waals surface area contributed by atoms with Crippen LogP contribution in [0.15, 0.2) is 0 Å². The summed E-state index contributed by atoms with van der Waals surface area (Å²) < 4.78 is 19.5. The van der Waals surface area contributed by atoms with E-state index >= 15 is 0 Å². The normalized spacial score (nSPS) is 36.7. The molecule has 2 heterocycles. The van der Waals surface area contributed by atoms with Crippen molar-refractivity contribution < 1.29 is 38.8 Å². The van der Waals surface area contributed by atoms with Gasteiger partial charge in [0, 0.05) is 57.6 Å². The zero-order valence-electron chi connectivity index (χ0n) is 31.0. The smallest absolute Gasteiger partial charge is 0.225 e. The highest BCUT2D eigenvalue weighted by molar-refractivity contribution is 5.81. The van der Waals surface area contributed by atoms with Gasteiger partial charge < -0.3 is 44.9 Å². The minimum absolute atomic E-state index is 0.0149. The summed E-state index contributed by atoms with van der Waals surface area (Å²) in [5, 5.41) is 29.7. The van der Waals surface area contributed by atoms with E-state index in [4.69, 9.17) is 14.2 Å². The van der Waals surface area contributed by atoms with E-state index in [0.29, 0.717) is 45.4 Å². The van der Waals surface area contributed by atoms with Crippen LogP contribution in [0.1, 0.15) is 93.9 Å². The third-order valence-corrected chi connectivity index (χ3v) is 9.66. The van der Waals surface area contributed by atoms with Crippen LogP contribution in [0.25, 0.3) is 0 Å². The Bertz CT molecular complexity index is 995. The van der Waals surface area contributed by atoms with Crippen molar-refractivity contribution in [1.29, 1.82) is 0 Å². The Kier molecular flexibility index (Phi) is 16.5. The lowest BCUT2D eigenvalue weighted by atomic mass is 9.77. The van der Waals surface area contributed by atoms with E-state index < -0.39 is 42.0 Å². The number of ether oxygens (including phenoxy) is 3. The number of nitrogens with zero attached hydrogens (tertiary/aromatic N) is 2. The van der Waals surface area contributed by atoms with Crippen LogP contribution in [-0.4, -0.2) is 127 Å². The van der Waals surface area contributed by atoms with Gasteiger partial charge in [-0.05, 0) is 65.5 Å². The second-order valence-electron chi connectivity index (χ2n) is 15.1. The van der Waals surface area contributed by atoms with E-state index in [1.54, 1.807) is 32.7 Å². The molecule has 0 saturated carbocycles. The molecule has 2 aliphatic heterocycles. The minimum atomic E-state index is -1.46. The van der Waals surface area contributed by atoms with Crippen molar-refractivity contribution in [3.8, 4) is 0 Å². The number of hydrogen-bond donors (Lipinski definition) is 4. The number of rotatable bonds is 11. The number of aliphatic hydroxyl groups excluding tert-OH is 1. The summed E-state index contributed by atoms with van der Waals surface area (Å²) >= 11 is 0. The average Bonchev–Trinajstić information content (AvgIpc) is 2.97. The molecule has 2 aliphatic rings. The fourth-order valence-electron chi connectivity index (χ4n) is 7.15. The van der Waals surface area contributed by atoms with E-state index in [-0.39, 0.29) is 60.6 Å². The fourth-order valence-corrected chi connectivity index (χ4v) is 7.15. The maximum atomic E-state index is 13.5. The standard InChI is InChI=1S/C35H66N4O8/c1-12-28(40)36-14-13-15-45-31-27(38(9)10)17-23(5)46-34(31)47-32-24(6)30(42)25(7)33(43)37-26(16-21(2)3)18-29(41)39(11)20-22(4)19-35(32,8)44/h21-27,30-32,34,42,44H,12-20H2,1-11H3,(H,36,40)(H,37,43)/t22-,23-,24+,25?,26?,27+,30+,31-,32-,34?,35?/m1/s1. The summed E-state index contributed by atoms with van der Waals surface area (Å²) in [5.74, 6) is -1.79. The molecule has 12 heteroatoms. The Morgan fingerprint density at radius 2 is 1.87 bits per heavy atom. The van der Waals surface area contributed by atoms with E-state index in [2.05, 4.69) is 29.4 Å². The molecule has 0 aromatic carbocycles. The first kappa shape index (κ1) is 41.3. The SMILES string of the molecule is CCC(=O)NCCCO[C@H]1C(O[C@@H]2[C@@H](C)[C@H](O)C(C)C(=O)NC(CC(C)C)CC(=O)N(C)C[C@H](C)CC2(C)O)O[C@H](C)C[C@@H]1N(C)C. The molecule has 0 aromatic heterocycles. The Morgan fingerprint density at radius 1 is 1.21 bits per heavy atom. The summed E-state index contributed by atoms with van der Waals surface area (Å²) in [6.45, 7) is 16.3. The molecule has 4 N–H and O–H groups in total. The summed E-state index contributed by atoms with van der Waals surface area (Å²) in [4.78, 5) is 42.2. The predicted molar refractivity (Wildman–Crippen MR) is 181 cm³/mol. The third kappa shape index (κ3) is 12.5. The predicted octanol–water partition coefficient (Wildman–Crippen LogP) is 2.54. The van der Waals surface area contributed by atoms with Crippen molar-refractivity contribution >= 4 is 17.7 Å². The highest BCUT2D eigenvalue weighted by Crippen LogP contribution is 2.36. The van der Waals surface area contributed by atoms with Gasteiger partial charge in [0.05, 0.1) is 29.8 Å². The van der Waals surface area contributed by atoms with Gasteiger partial charge in [-0.3, -0.25) is 14.4 Å². The van der Waals surface area contributed by atoms with Crippen LogP contribution < -0.4 is 10.6 Å². The number of carbonyl (C=O) groups excluding carboxylic acids is 3. The maximum Gasteiger partial charge on any atom is 0.225 e. The third-order valence-electron chi connectivity index (χ3n) is 9.66. The van der Waals surface area contributed by atoms with Crippen molar-refractivity contribution in [2.75, 3.05) is 40.8 Å². The molecule has 4 unspecified atom stereocenters. The van der Waals surface area contributed by atoms with Crippen molar-refractivity contribution in [2.24, 2.45) is 23.7 Å². The van der Waals surface area contributed by atoms with E-state index in [1.807, 2.05) is 34.9 Å². The van der Waals surface area contributed by atoms with Gasteiger partial charge in [-0.1, -0.05) is 41.5 Å². The lowest BCUT2D eigenvalue weighted by molar-refractivity contribution is -0.306. The summed E-state index contributed by atoms with van der Waals surface area (Å²) in [6, 6.07) is -0.414. The molecule has 47 heavy (non-hydrogen) atoms. The summed E-state index contributed by atoms with van der Waals surface area (Å²) in [7, 11) is 5.72. The first-order valence-electron chi connectivity index (χ1n) is 17.7. The number of carbonyl (C=O) groups is 3. The summed E-state index contributed by atoms with van der Waals surface area (Å²) in [6.07, 6.45) is -0.844. The zero-order chi connectivity index (χ0) is 35.6. The Hall–Kier alpha value is -1.83. The van der Waals surface area contributed by atoms with Crippen LogP contribution in [0, 0.1) is 23.7 Å². The lowest BCUT2D eigenvalue weighted by Gasteiger charge is -2.48. The quantitative estimate of drug-likeness (QED) is 0.243. The van der Waals surface area contributed by atoms with E-state index in [9.17, 15) is 24.6 Å². The maximum absolute atomic E-state index is 13.5. The van der Waals surface area contributed by atoms with Gasteiger partial charge in [0.1, 0.15) is 6.10 Å². The highest BCUT2D eigenvalue weighted by atomic mass is 16.7. The van der Waals surface area contributed by atoms with Gasteiger partial charge in [-0.25, -0.2) is 0 Å². The van der Waals surface area contributed by atoms with E-state index in [1.165, 1.54) is 0 Å². The molecule has 0 radical (unpaired) electrons. The molecule has 0 spiro atoms. The number of nitrogens with one attached hydrogen (secondary N) is 2. The van der Waals surface area contributed by atoms with Gasteiger partial charge in [0.2, 0.25) is 17.7 Å². The largest absolute Gasteiger partial charge is 0.392 e. The topological polar surface area (TPSA) is 150 Å². The molecular weight excluding hydrogens is 604 g/mol. The second-order valence-corrected chi connectivity index (χ2v) is 15.1. The molecule has 2 rings (SSSR count). The monoisotopic (exact) mass is 670 g/mol. The molecule has 0 bridgehead atoms. The van der Waals surface area contributed by atoms with Crippen LogP contribution in [0.2, 0.25) is 0 Å². The zero-order valence-corrected chi connectivity index (χ0v) is 31.0. The number of hydrogen-bond acceptors (Lipinski definition) is 9. The van der Waals surface area contributed by atoms with Gasteiger partial charge in [-0.15, -0.1) is 0 Å². The van der Waals surface area contributed by atoms with Crippen LogP contribution in [0.5, 0.6) is 0 Å². The lowest BCUT2D eigenvalue weighted by Crippen LogP contribution is -2.60. The molecular formula is C35H66N4O8. The van der Waals surface area contributed by atoms with Gasteiger partial charge in [0.25, 0.3) is 0 Å². The number of likely N-dealkylation sites (N-methyl/N-ethyl adjacent to an activating group) is 1. The summed E-state index contributed by atoms with van der Waals surface area (Å²) in [5.41, 5.74) is -1.46. The molecule has 274 valence electrons. The second kappa shape index (κ2) is 18.8. The molecule has 11 atom stereocenters. The Balaban J connectivity index is 2.44. The molecule has 2 fully saturated rings. The van der Waals surface area contributed by atoms with E-state index in [0.717, 1.165) is 0 Å². The van der Waals surface area contributed by atoms with Crippen LogP contribution >= 0.6 is 0 Å².